The Bertz CT molecular complexity index is 246. The Morgan fingerprint density at radius 3 is 2.83 bits per heavy atom. The average molecular weight is 169 g/mol. The fraction of sp³-hybridized carbons (Fsp3) is 0.625. The molecule has 1 aromatic heterocycles. The van der Waals surface area contributed by atoms with Crippen molar-refractivity contribution in [2.75, 3.05) is 0 Å². The predicted molar refractivity (Wildman–Crippen MR) is 46.4 cm³/mol. The van der Waals surface area contributed by atoms with Gasteiger partial charge in [0.2, 0.25) is 0 Å². The average Bonchev–Trinajstić information content (AvgIpc) is 2.48. The predicted octanol–water partition coefficient (Wildman–Crippen LogP) is 0.191. The van der Waals surface area contributed by atoms with Crippen LogP contribution in [0.1, 0.15) is 25.3 Å². The Hall–Kier alpha value is -0.870. The van der Waals surface area contributed by atoms with Gasteiger partial charge in [-0.3, -0.25) is 0 Å². The summed E-state index contributed by atoms with van der Waals surface area (Å²) in [6.45, 7) is 1.94. The van der Waals surface area contributed by atoms with E-state index in [1.807, 2.05) is 14.0 Å². The molecule has 12 heavy (non-hydrogen) atoms. The van der Waals surface area contributed by atoms with E-state index in [1.165, 1.54) is 0 Å². The zero-order valence-electron chi connectivity index (χ0n) is 7.44. The first-order valence-corrected chi connectivity index (χ1v) is 4.07. The summed E-state index contributed by atoms with van der Waals surface area (Å²) >= 11 is 0. The van der Waals surface area contributed by atoms with Crippen molar-refractivity contribution in [1.29, 1.82) is 0 Å². The quantitative estimate of drug-likeness (QED) is 0.679. The van der Waals surface area contributed by atoms with Gasteiger partial charge in [-0.05, 0) is 6.42 Å². The maximum Gasteiger partial charge on any atom is 0.138 e. The summed E-state index contributed by atoms with van der Waals surface area (Å²) in [6.07, 6.45) is 3.53. The molecule has 0 radical (unpaired) electrons. The third kappa shape index (κ3) is 1.65. The molecule has 3 N–H and O–H groups in total. The number of aliphatic hydroxyl groups excluding tert-OH is 1. The molecule has 0 fully saturated rings. The molecule has 1 rings (SSSR count). The Kier molecular flexibility index (Phi) is 2.83. The lowest BCUT2D eigenvalue weighted by molar-refractivity contribution is 0.132. The van der Waals surface area contributed by atoms with Crippen LogP contribution in [-0.4, -0.2) is 20.7 Å². The van der Waals surface area contributed by atoms with E-state index in [2.05, 4.69) is 4.98 Å². The summed E-state index contributed by atoms with van der Waals surface area (Å²) in [5.74, 6) is 0.629. The molecule has 0 aliphatic carbocycles. The van der Waals surface area contributed by atoms with Gasteiger partial charge in [-0.25, -0.2) is 4.98 Å². The van der Waals surface area contributed by atoms with Crippen LogP contribution in [0.25, 0.3) is 0 Å². The fourth-order valence-electron chi connectivity index (χ4n) is 1.08. The molecule has 1 heterocycles. The van der Waals surface area contributed by atoms with Gasteiger partial charge in [-0.2, -0.15) is 0 Å². The maximum atomic E-state index is 9.65. The molecule has 2 unspecified atom stereocenters. The van der Waals surface area contributed by atoms with E-state index in [-0.39, 0.29) is 6.04 Å². The highest BCUT2D eigenvalue weighted by atomic mass is 16.3. The molecule has 0 spiro atoms. The molecule has 4 heteroatoms. The van der Waals surface area contributed by atoms with Crippen LogP contribution in [0.2, 0.25) is 0 Å². The molecule has 0 saturated carbocycles. The van der Waals surface area contributed by atoms with Crippen molar-refractivity contribution >= 4 is 0 Å². The SMILES string of the molecule is CCC(N)C(O)c1nccn1C. The summed E-state index contributed by atoms with van der Waals surface area (Å²) in [6, 6.07) is -0.230. The van der Waals surface area contributed by atoms with Crippen LogP contribution in [0.15, 0.2) is 12.4 Å². The summed E-state index contributed by atoms with van der Waals surface area (Å²) in [4.78, 5) is 4.02. The van der Waals surface area contributed by atoms with Crippen molar-refractivity contribution in [1.82, 2.24) is 9.55 Å². The number of aliphatic hydroxyl groups is 1. The highest BCUT2D eigenvalue weighted by Crippen LogP contribution is 2.14. The van der Waals surface area contributed by atoms with E-state index in [9.17, 15) is 5.11 Å². The molecule has 2 atom stereocenters. The van der Waals surface area contributed by atoms with E-state index in [1.54, 1.807) is 17.0 Å². The van der Waals surface area contributed by atoms with Gasteiger partial charge in [0, 0.05) is 25.5 Å². The van der Waals surface area contributed by atoms with Gasteiger partial charge in [-0.15, -0.1) is 0 Å². The lowest BCUT2D eigenvalue weighted by Gasteiger charge is -2.16. The normalized spacial score (nSPS) is 16.0. The number of hydrogen-bond acceptors (Lipinski definition) is 3. The van der Waals surface area contributed by atoms with Gasteiger partial charge in [-0.1, -0.05) is 6.92 Å². The second-order valence-corrected chi connectivity index (χ2v) is 2.91. The van der Waals surface area contributed by atoms with E-state index in [0.717, 1.165) is 6.42 Å². The lowest BCUT2D eigenvalue weighted by atomic mass is 10.1. The minimum atomic E-state index is -0.657. The topological polar surface area (TPSA) is 64.1 Å². The van der Waals surface area contributed by atoms with Crippen LogP contribution in [-0.2, 0) is 7.05 Å². The number of aryl methyl sites for hydroxylation is 1. The van der Waals surface area contributed by atoms with Crippen LogP contribution in [0.4, 0.5) is 0 Å². The maximum absolute atomic E-state index is 9.65. The minimum absolute atomic E-state index is 0.230. The van der Waals surface area contributed by atoms with Crippen LogP contribution < -0.4 is 5.73 Å². The molecule has 0 saturated heterocycles. The molecule has 0 aliphatic heterocycles. The number of hydrogen-bond donors (Lipinski definition) is 2. The molecule has 0 aromatic carbocycles. The molecular weight excluding hydrogens is 154 g/mol. The summed E-state index contributed by atoms with van der Waals surface area (Å²) in [5, 5.41) is 9.65. The second-order valence-electron chi connectivity index (χ2n) is 2.91. The van der Waals surface area contributed by atoms with Gasteiger partial charge < -0.3 is 15.4 Å². The van der Waals surface area contributed by atoms with Crippen molar-refractivity contribution in [2.45, 2.75) is 25.5 Å². The van der Waals surface area contributed by atoms with Crippen molar-refractivity contribution in [3.8, 4) is 0 Å². The third-order valence-electron chi connectivity index (χ3n) is 2.00. The van der Waals surface area contributed by atoms with Crippen molar-refractivity contribution in [2.24, 2.45) is 12.8 Å². The fourth-order valence-corrected chi connectivity index (χ4v) is 1.08. The van der Waals surface area contributed by atoms with Gasteiger partial charge in [0.15, 0.2) is 0 Å². The number of aromatic nitrogens is 2. The van der Waals surface area contributed by atoms with Crippen molar-refractivity contribution < 1.29 is 5.11 Å². The number of rotatable bonds is 3. The molecule has 0 amide bonds. The van der Waals surface area contributed by atoms with E-state index < -0.39 is 6.10 Å². The smallest absolute Gasteiger partial charge is 0.138 e. The van der Waals surface area contributed by atoms with Gasteiger partial charge >= 0.3 is 0 Å². The van der Waals surface area contributed by atoms with Gasteiger partial charge in [0.1, 0.15) is 11.9 Å². The van der Waals surface area contributed by atoms with Crippen molar-refractivity contribution in [3.63, 3.8) is 0 Å². The van der Waals surface area contributed by atoms with E-state index in [4.69, 9.17) is 5.73 Å². The first-order chi connectivity index (χ1) is 5.66. The van der Waals surface area contributed by atoms with Gasteiger partial charge in [0.05, 0.1) is 0 Å². The minimum Gasteiger partial charge on any atom is -0.384 e. The summed E-state index contributed by atoms with van der Waals surface area (Å²) < 4.78 is 1.78. The number of imidazole rings is 1. The Morgan fingerprint density at radius 1 is 1.75 bits per heavy atom. The molecular formula is C8H15N3O. The largest absolute Gasteiger partial charge is 0.384 e. The molecule has 68 valence electrons. The first kappa shape index (κ1) is 9.22. The van der Waals surface area contributed by atoms with E-state index >= 15 is 0 Å². The number of nitrogens with two attached hydrogens (primary N) is 1. The highest BCUT2D eigenvalue weighted by Gasteiger charge is 2.18. The highest BCUT2D eigenvalue weighted by molar-refractivity contribution is 4.98. The molecule has 0 bridgehead atoms. The lowest BCUT2D eigenvalue weighted by Crippen LogP contribution is -2.29. The second kappa shape index (κ2) is 3.69. The summed E-state index contributed by atoms with van der Waals surface area (Å²) in [7, 11) is 1.84. The van der Waals surface area contributed by atoms with Crippen LogP contribution in [0.3, 0.4) is 0 Å². The monoisotopic (exact) mass is 169 g/mol. The zero-order valence-corrected chi connectivity index (χ0v) is 7.44. The molecule has 1 aromatic rings. The van der Waals surface area contributed by atoms with E-state index in [0.29, 0.717) is 5.82 Å². The Labute approximate surface area is 72.0 Å². The standard InChI is InChI=1S/C8H15N3O/c1-3-6(9)7(12)8-10-4-5-11(8)2/h4-7,12H,3,9H2,1-2H3. The van der Waals surface area contributed by atoms with Crippen LogP contribution >= 0.6 is 0 Å². The first-order valence-electron chi connectivity index (χ1n) is 4.07. The zero-order chi connectivity index (χ0) is 9.14. The molecule has 4 nitrogen and oxygen atoms in total. The molecule has 0 aliphatic rings. The number of nitrogens with zero attached hydrogens (tertiary/aromatic N) is 2. The Morgan fingerprint density at radius 2 is 2.42 bits per heavy atom. The van der Waals surface area contributed by atoms with Gasteiger partial charge in [0.25, 0.3) is 0 Å². The van der Waals surface area contributed by atoms with Crippen LogP contribution in [0.5, 0.6) is 0 Å². The van der Waals surface area contributed by atoms with Crippen molar-refractivity contribution in [3.05, 3.63) is 18.2 Å². The van der Waals surface area contributed by atoms with Crippen LogP contribution in [0, 0.1) is 0 Å². The Balaban J connectivity index is 2.77. The third-order valence-corrected chi connectivity index (χ3v) is 2.00. The summed E-state index contributed by atoms with van der Waals surface area (Å²) in [5.41, 5.74) is 5.67.